The standard InChI is InChI=1S/C21H16ClN3O3S/c22-17-12-11-16(25(27)28)13-18(17)23-21(29)24-20(26)19(14-7-3-1-4-8-14)15-9-5-2-6-10-15/h1-13,19H,(H2,23,24,26,29). The van der Waals surface area contributed by atoms with Crippen molar-refractivity contribution in [2.45, 2.75) is 5.92 Å². The summed E-state index contributed by atoms with van der Waals surface area (Å²) in [5, 5.41) is 16.6. The molecule has 0 radical (unpaired) electrons. The number of nitrogens with zero attached hydrogens (tertiary/aromatic N) is 1. The maximum Gasteiger partial charge on any atom is 0.271 e. The molecule has 0 bridgehead atoms. The zero-order valence-electron chi connectivity index (χ0n) is 15.0. The number of nitro groups is 1. The third-order valence-corrected chi connectivity index (χ3v) is 4.71. The summed E-state index contributed by atoms with van der Waals surface area (Å²) < 4.78 is 0. The van der Waals surface area contributed by atoms with Gasteiger partial charge < -0.3 is 10.6 Å². The molecular weight excluding hydrogens is 410 g/mol. The van der Waals surface area contributed by atoms with Gasteiger partial charge in [0.15, 0.2) is 5.11 Å². The number of thiocarbonyl (C=S) groups is 1. The summed E-state index contributed by atoms with van der Waals surface area (Å²) in [6.07, 6.45) is 0. The van der Waals surface area contributed by atoms with Crippen LogP contribution in [-0.4, -0.2) is 15.9 Å². The Kier molecular flexibility index (Phi) is 6.54. The first kappa shape index (κ1) is 20.4. The second kappa shape index (κ2) is 9.27. The molecule has 0 unspecified atom stereocenters. The maximum atomic E-state index is 13.0. The van der Waals surface area contributed by atoms with Gasteiger partial charge in [0.05, 0.1) is 21.6 Å². The fourth-order valence-electron chi connectivity index (χ4n) is 2.85. The van der Waals surface area contributed by atoms with Crippen molar-refractivity contribution >= 4 is 46.2 Å². The van der Waals surface area contributed by atoms with Crippen LogP contribution in [0.3, 0.4) is 0 Å². The van der Waals surface area contributed by atoms with Gasteiger partial charge >= 0.3 is 0 Å². The predicted molar refractivity (Wildman–Crippen MR) is 117 cm³/mol. The van der Waals surface area contributed by atoms with Crippen LogP contribution in [0.25, 0.3) is 0 Å². The number of carbonyl (C=O) groups is 1. The van der Waals surface area contributed by atoms with Crippen LogP contribution in [0.1, 0.15) is 17.0 Å². The monoisotopic (exact) mass is 425 g/mol. The molecule has 8 heteroatoms. The molecule has 0 saturated carbocycles. The molecular formula is C21H16ClN3O3S. The average molecular weight is 426 g/mol. The molecule has 0 heterocycles. The summed E-state index contributed by atoms with van der Waals surface area (Å²) in [7, 11) is 0. The van der Waals surface area contributed by atoms with Crippen molar-refractivity contribution in [1.82, 2.24) is 5.32 Å². The highest BCUT2D eigenvalue weighted by Crippen LogP contribution is 2.27. The van der Waals surface area contributed by atoms with Gasteiger partial charge in [0, 0.05) is 12.1 Å². The minimum atomic E-state index is -0.572. The van der Waals surface area contributed by atoms with E-state index in [2.05, 4.69) is 10.6 Å². The third-order valence-electron chi connectivity index (χ3n) is 4.17. The number of halogens is 1. The third kappa shape index (κ3) is 5.16. The molecule has 0 fully saturated rings. The quantitative estimate of drug-likeness (QED) is 0.345. The highest BCUT2D eigenvalue weighted by Gasteiger charge is 2.23. The summed E-state index contributed by atoms with van der Waals surface area (Å²) in [6, 6.07) is 22.6. The van der Waals surface area contributed by atoms with Crippen molar-refractivity contribution in [3.8, 4) is 0 Å². The molecule has 29 heavy (non-hydrogen) atoms. The lowest BCUT2D eigenvalue weighted by atomic mass is 9.90. The second-order valence-corrected chi connectivity index (χ2v) is 6.93. The summed E-state index contributed by atoms with van der Waals surface area (Å²) in [5.74, 6) is -0.904. The van der Waals surface area contributed by atoms with E-state index in [1.54, 1.807) is 0 Å². The summed E-state index contributed by atoms with van der Waals surface area (Å²) in [5.41, 5.74) is 1.72. The first-order valence-electron chi connectivity index (χ1n) is 8.61. The normalized spacial score (nSPS) is 10.4. The average Bonchev–Trinajstić information content (AvgIpc) is 2.71. The van der Waals surface area contributed by atoms with Crippen molar-refractivity contribution in [3.63, 3.8) is 0 Å². The minimum Gasteiger partial charge on any atom is -0.331 e. The van der Waals surface area contributed by atoms with E-state index in [1.165, 1.54) is 18.2 Å². The number of nitro benzene ring substituents is 1. The van der Waals surface area contributed by atoms with Crippen LogP contribution in [-0.2, 0) is 4.79 Å². The van der Waals surface area contributed by atoms with Gasteiger partial charge in [-0.3, -0.25) is 14.9 Å². The Hall–Kier alpha value is -3.29. The van der Waals surface area contributed by atoms with Crippen molar-refractivity contribution < 1.29 is 9.72 Å². The fourth-order valence-corrected chi connectivity index (χ4v) is 3.22. The van der Waals surface area contributed by atoms with Crippen LogP contribution < -0.4 is 10.6 Å². The molecule has 0 aromatic heterocycles. The van der Waals surface area contributed by atoms with Crippen LogP contribution in [0.2, 0.25) is 5.02 Å². The van der Waals surface area contributed by atoms with Crippen molar-refractivity contribution in [2.75, 3.05) is 5.32 Å². The zero-order valence-corrected chi connectivity index (χ0v) is 16.6. The van der Waals surface area contributed by atoms with Crippen molar-refractivity contribution in [1.29, 1.82) is 0 Å². The molecule has 1 amide bonds. The summed E-state index contributed by atoms with van der Waals surface area (Å²) >= 11 is 11.3. The molecule has 0 aliphatic carbocycles. The van der Waals surface area contributed by atoms with Crippen LogP contribution in [0.4, 0.5) is 11.4 Å². The topological polar surface area (TPSA) is 84.3 Å². The molecule has 0 aliphatic rings. The van der Waals surface area contributed by atoms with E-state index < -0.39 is 10.8 Å². The largest absolute Gasteiger partial charge is 0.331 e. The number of carbonyl (C=O) groups excluding carboxylic acids is 1. The van der Waals surface area contributed by atoms with E-state index in [0.29, 0.717) is 0 Å². The number of non-ortho nitro benzene ring substituents is 1. The molecule has 3 aromatic carbocycles. The number of hydrogen-bond donors (Lipinski definition) is 2. The molecule has 6 nitrogen and oxygen atoms in total. The van der Waals surface area contributed by atoms with Crippen LogP contribution in [0.5, 0.6) is 0 Å². The van der Waals surface area contributed by atoms with Crippen LogP contribution in [0.15, 0.2) is 78.9 Å². The second-order valence-electron chi connectivity index (χ2n) is 6.12. The van der Waals surface area contributed by atoms with Crippen molar-refractivity contribution in [3.05, 3.63) is 105 Å². The Morgan fingerprint density at radius 1 is 0.966 bits per heavy atom. The molecule has 0 atom stereocenters. The van der Waals surface area contributed by atoms with Gasteiger partial charge in [-0.2, -0.15) is 0 Å². The molecule has 2 N–H and O–H groups in total. The zero-order chi connectivity index (χ0) is 20.8. The maximum absolute atomic E-state index is 13.0. The summed E-state index contributed by atoms with van der Waals surface area (Å²) in [6.45, 7) is 0. The van der Waals surface area contributed by atoms with E-state index in [-0.39, 0.29) is 27.4 Å². The Labute approximate surface area is 177 Å². The van der Waals surface area contributed by atoms with Crippen molar-refractivity contribution in [2.24, 2.45) is 0 Å². The number of nitrogens with one attached hydrogen (secondary N) is 2. The van der Waals surface area contributed by atoms with E-state index in [1.807, 2.05) is 60.7 Å². The summed E-state index contributed by atoms with van der Waals surface area (Å²) in [4.78, 5) is 23.5. The molecule has 0 saturated heterocycles. The molecule has 146 valence electrons. The lowest BCUT2D eigenvalue weighted by Gasteiger charge is -2.19. The first-order chi connectivity index (χ1) is 14.0. The van der Waals surface area contributed by atoms with Crippen LogP contribution >= 0.6 is 23.8 Å². The van der Waals surface area contributed by atoms with Gasteiger partial charge in [-0.25, -0.2) is 0 Å². The molecule has 0 spiro atoms. The first-order valence-corrected chi connectivity index (χ1v) is 9.40. The number of anilines is 1. The highest BCUT2D eigenvalue weighted by atomic mass is 35.5. The smallest absolute Gasteiger partial charge is 0.271 e. The van der Waals surface area contributed by atoms with Gasteiger partial charge in [-0.05, 0) is 29.4 Å². The minimum absolute atomic E-state index is 0.00531. The number of amides is 1. The van der Waals surface area contributed by atoms with E-state index in [4.69, 9.17) is 23.8 Å². The number of rotatable bonds is 5. The molecule has 3 rings (SSSR count). The lowest BCUT2D eigenvalue weighted by Crippen LogP contribution is -2.38. The Bertz CT molecular complexity index is 1010. The van der Waals surface area contributed by atoms with Gasteiger partial charge in [0.25, 0.3) is 5.69 Å². The highest BCUT2D eigenvalue weighted by molar-refractivity contribution is 7.80. The van der Waals surface area contributed by atoms with Gasteiger partial charge in [-0.1, -0.05) is 72.3 Å². The van der Waals surface area contributed by atoms with Gasteiger partial charge in [0.1, 0.15) is 0 Å². The van der Waals surface area contributed by atoms with E-state index >= 15 is 0 Å². The fraction of sp³-hybridized carbons (Fsp3) is 0.0476. The Balaban J connectivity index is 1.81. The molecule has 3 aromatic rings. The predicted octanol–water partition coefficient (Wildman–Crippen LogP) is 4.89. The van der Waals surface area contributed by atoms with E-state index in [9.17, 15) is 14.9 Å². The Morgan fingerprint density at radius 3 is 2.03 bits per heavy atom. The Morgan fingerprint density at radius 2 is 1.52 bits per heavy atom. The number of hydrogen-bond acceptors (Lipinski definition) is 4. The van der Waals surface area contributed by atoms with Gasteiger partial charge in [0.2, 0.25) is 5.91 Å². The number of benzene rings is 3. The molecule has 0 aliphatic heterocycles. The van der Waals surface area contributed by atoms with Gasteiger partial charge in [-0.15, -0.1) is 0 Å². The van der Waals surface area contributed by atoms with E-state index in [0.717, 1.165) is 11.1 Å². The lowest BCUT2D eigenvalue weighted by molar-refractivity contribution is -0.384. The SMILES string of the molecule is O=C(NC(=S)Nc1cc([N+](=O)[O-])ccc1Cl)C(c1ccccc1)c1ccccc1. The van der Waals surface area contributed by atoms with Crippen LogP contribution in [0, 0.1) is 10.1 Å².